The first-order valence-corrected chi connectivity index (χ1v) is 9.75. The lowest BCUT2D eigenvalue weighted by molar-refractivity contribution is -0.139. The zero-order valence-corrected chi connectivity index (χ0v) is 16.6. The number of carbonyl (C=O) groups is 2. The number of nitrogens with one attached hydrogen (secondary N) is 1. The van der Waals surface area contributed by atoms with E-state index in [9.17, 15) is 9.59 Å². The van der Waals surface area contributed by atoms with E-state index in [4.69, 9.17) is 4.74 Å². The zero-order chi connectivity index (χ0) is 19.4. The van der Waals surface area contributed by atoms with Crippen molar-refractivity contribution in [2.45, 2.75) is 37.8 Å². The van der Waals surface area contributed by atoms with Crippen LogP contribution in [0.15, 0.2) is 30.3 Å². The van der Waals surface area contributed by atoms with E-state index in [-0.39, 0.29) is 30.5 Å². The Labute approximate surface area is 161 Å². The van der Waals surface area contributed by atoms with Gasteiger partial charge in [-0.25, -0.2) is 0 Å². The van der Waals surface area contributed by atoms with Gasteiger partial charge in [0.1, 0.15) is 6.61 Å². The molecule has 3 rings (SSSR count). The molecule has 27 heavy (non-hydrogen) atoms. The van der Waals surface area contributed by atoms with Gasteiger partial charge in [-0.05, 0) is 45.3 Å². The summed E-state index contributed by atoms with van der Waals surface area (Å²) in [7, 11) is 5.53. The van der Waals surface area contributed by atoms with Gasteiger partial charge in [0, 0.05) is 32.3 Å². The highest BCUT2D eigenvalue weighted by Gasteiger charge is 2.60. The first-order chi connectivity index (χ1) is 13.0. The first-order valence-electron chi connectivity index (χ1n) is 9.75. The van der Waals surface area contributed by atoms with Crippen molar-refractivity contribution in [3.8, 4) is 0 Å². The molecule has 2 amide bonds. The number of rotatable bonds is 8. The second-order valence-corrected chi connectivity index (χ2v) is 8.06. The fourth-order valence-electron chi connectivity index (χ4n) is 4.80. The molecule has 6 nitrogen and oxygen atoms in total. The summed E-state index contributed by atoms with van der Waals surface area (Å²) < 4.78 is 5.08. The maximum absolute atomic E-state index is 13.4. The molecule has 0 aliphatic carbocycles. The fraction of sp³-hybridized carbons (Fsp3) is 0.619. The third kappa shape index (κ3) is 4.01. The van der Waals surface area contributed by atoms with Crippen LogP contribution in [-0.4, -0.2) is 74.6 Å². The van der Waals surface area contributed by atoms with Gasteiger partial charge in [-0.2, -0.15) is 0 Å². The van der Waals surface area contributed by atoms with Crippen molar-refractivity contribution < 1.29 is 14.3 Å². The zero-order valence-electron chi connectivity index (χ0n) is 16.6. The molecular weight excluding hydrogens is 342 g/mol. The molecule has 148 valence electrons. The second kappa shape index (κ2) is 8.40. The third-order valence-electron chi connectivity index (χ3n) is 5.96. The molecule has 1 aromatic carbocycles. The number of likely N-dealkylation sites (N-methyl/N-ethyl adjacent to an activating group) is 1. The Bertz CT molecular complexity index is 664. The Morgan fingerprint density at radius 1 is 1.26 bits per heavy atom. The van der Waals surface area contributed by atoms with Crippen molar-refractivity contribution in [2.75, 3.05) is 40.9 Å². The van der Waals surface area contributed by atoms with Crippen molar-refractivity contribution in [2.24, 2.45) is 5.41 Å². The molecule has 2 fully saturated rings. The minimum Gasteiger partial charge on any atom is -0.375 e. The van der Waals surface area contributed by atoms with Crippen LogP contribution in [0.4, 0.5) is 0 Å². The van der Waals surface area contributed by atoms with Crippen molar-refractivity contribution in [3.63, 3.8) is 0 Å². The maximum atomic E-state index is 13.4. The molecule has 2 saturated heterocycles. The molecule has 1 aromatic rings. The Balaban J connectivity index is 1.85. The molecule has 1 N–H and O–H groups in total. The summed E-state index contributed by atoms with van der Waals surface area (Å²) in [5.74, 6) is 0.0802. The maximum Gasteiger partial charge on any atom is 0.249 e. The molecule has 2 aliphatic heterocycles. The van der Waals surface area contributed by atoms with Crippen LogP contribution in [0.5, 0.6) is 0 Å². The van der Waals surface area contributed by atoms with Crippen molar-refractivity contribution in [3.05, 3.63) is 35.9 Å². The van der Waals surface area contributed by atoms with E-state index in [1.807, 2.05) is 37.2 Å². The lowest BCUT2D eigenvalue weighted by Gasteiger charge is -2.36. The number of amides is 2. The normalized spacial score (nSPS) is 26.6. The minimum atomic E-state index is -0.556. The van der Waals surface area contributed by atoms with Crippen LogP contribution >= 0.6 is 0 Å². The quantitative estimate of drug-likeness (QED) is 0.746. The van der Waals surface area contributed by atoms with Gasteiger partial charge in [-0.15, -0.1) is 0 Å². The van der Waals surface area contributed by atoms with Crippen LogP contribution in [0.2, 0.25) is 0 Å². The average Bonchev–Trinajstić information content (AvgIpc) is 3.19. The van der Waals surface area contributed by atoms with E-state index in [0.29, 0.717) is 13.0 Å². The van der Waals surface area contributed by atoms with Crippen LogP contribution in [0, 0.1) is 5.41 Å². The molecule has 2 heterocycles. The Morgan fingerprint density at radius 2 is 2.00 bits per heavy atom. The molecular formula is C21H31N3O3. The lowest BCUT2D eigenvalue weighted by Crippen LogP contribution is -2.52. The number of hydrogen-bond acceptors (Lipinski definition) is 4. The smallest absolute Gasteiger partial charge is 0.249 e. The predicted molar refractivity (Wildman–Crippen MR) is 104 cm³/mol. The number of fused-ring (bicyclic) bond motifs is 2. The Morgan fingerprint density at radius 3 is 2.67 bits per heavy atom. The lowest BCUT2D eigenvalue weighted by atomic mass is 9.69. The monoisotopic (exact) mass is 373 g/mol. The largest absolute Gasteiger partial charge is 0.375 e. The van der Waals surface area contributed by atoms with Gasteiger partial charge in [0.05, 0.1) is 5.41 Å². The van der Waals surface area contributed by atoms with E-state index in [2.05, 4.69) is 22.3 Å². The third-order valence-corrected chi connectivity index (χ3v) is 5.96. The van der Waals surface area contributed by atoms with E-state index in [1.54, 1.807) is 7.11 Å². The molecule has 0 spiro atoms. The highest BCUT2D eigenvalue weighted by Crippen LogP contribution is 2.51. The molecule has 0 saturated carbocycles. The molecule has 3 atom stereocenters. The molecule has 0 aromatic heterocycles. The summed E-state index contributed by atoms with van der Waals surface area (Å²) in [6, 6.07) is 10.2. The molecule has 2 bridgehead atoms. The Hall–Kier alpha value is -1.92. The number of hydrogen-bond donors (Lipinski definition) is 1. The average molecular weight is 373 g/mol. The van der Waals surface area contributed by atoms with Gasteiger partial charge in [0.25, 0.3) is 0 Å². The SMILES string of the molecule is COCC(=O)N1[C@H]2CC[C@@H]1[C@](Cc1ccccc1)(C(=O)NCCN(C)C)C2. The summed E-state index contributed by atoms with van der Waals surface area (Å²) in [5, 5.41) is 3.14. The van der Waals surface area contributed by atoms with Crippen molar-refractivity contribution in [1.82, 2.24) is 15.1 Å². The van der Waals surface area contributed by atoms with Crippen LogP contribution < -0.4 is 5.32 Å². The number of methoxy groups -OCH3 is 1. The number of benzene rings is 1. The number of nitrogens with zero attached hydrogens (tertiary/aromatic N) is 2. The van der Waals surface area contributed by atoms with E-state index in [1.165, 1.54) is 0 Å². The van der Waals surface area contributed by atoms with Crippen LogP contribution in [-0.2, 0) is 20.7 Å². The highest BCUT2D eigenvalue weighted by molar-refractivity contribution is 5.87. The number of ether oxygens (including phenoxy) is 1. The molecule has 0 radical (unpaired) electrons. The Kier molecular flexibility index (Phi) is 6.17. The van der Waals surface area contributed by atoms with E-state index >= 15 is 0 Å². The molecule has 0 unspecified atom stereocenters. The topological polar surface area (TPSA) is 61.9 Å². The van der Waals surface area contributed by atoms with Crippen molar-refractivity contribution in [1.29, 1.82) is 0 Å². The number of carbonyl (C=O) groups excluding carboxylic acids is 2. The van der Waals surface area contributed by atoms with Gasteiger partial charge in [-0.3, -0.25) is 9.59 Å². The molecule has 2 aliphatic rings. The summed E-state index contributed by atoms with van der Waals surface area (Å²) in [4.78, 5) is 30.0. The van der Waals surface area contributed by atoms with E-state index in [0.717, 1.165) is 31.4 Å². The van der Waals surface area contributed by atoms with Gasteiger partial charge < -0.3 is 19.9 Å². The summed E-state index contributed by atoms with van der Waals surface area (Å²) in [6.07, 6.45) is 3.26. The van der Waals surface area contributed by atoms with Crippen LogP contribution in [0.1, 0.15) is 24.8 Å². The van der Waals surface area contributed by atoms with Crippen LogP contribution in [0.25, 0.3) is 0 Å². The van der Waals surface area contributed by atoms with Gasteiger partial charge in [0.2, 0.25) is 11.8 Å². The molecule has 6 heteroatoms. The van der Waals surface area contributed by atoms with Gasteiger partial charge >= 0.3 is 0 Å². The summed E-state index contributed by atoms with van der Waals surface area (Å²) >= 11 is 0. The highest BCUT2D eigenvalue weighted by atomic mass is 16.5. The predicted octanol–water partition coefficient (Wildman–Crippen LogP) is 1.30. The van der Waals surface area contributed by atoms with Crippen LogP contribution in [0.3, 0.4) is 0 Å². The standard InChI is InChI=1S/C21H31N3O3/c1-23(2)12-11-22-20(26)21(13-16-7-5-4-6-8-16)14-17-9-10-18(21)24(17)19(25)15-27-3/h4-8,17-18H,9-15H2,1-3H3,(H,22,26)/t17-,18+,21+/m0/s1. The van der Waals surface area contributed by atoms with E-state index < -0.39 is 5.41 Å². The summed E-state index contributed by atoms with van der Waals surface area (Å²) in [5.41, 5.74) is 0.590. The second-order valence-electron chi connectivity index (χ2n) is 8.06. The fourth-order valence-corrected chi connectivity index (χ4v) is 4.80. The van der Waals surface area contributed by atoms with Crippen molar-refractivity contribution >= 4 is 11.8 Å². The minimum absolute atomic E-state index is 0.000952. The summed E-state index contributed by atoms with van der Waals surface area (Å²) in [6.45, 7) is 1.50. The first kappa shape index (κ1) is 19.8. The van der Waals surface area contributed by atoms with Gasteiger partial charge in [0.15, 0.2) is 0 Å². The van der Waals surface area contributed by atoms with Gasteiger partial charge in [-0.1, -0.05) is 30.3 Å².